The molecule has 0 N–H and O–H groups in total. The van der Waals surface area contributed by atoms with Crippen molar-refractivity contribution in [2.45, 2.75) is 25.1 Å². The molecule has 2 amide bonds. The summed E-state index contributed by atoms with van der Waals surface area (Å²) in [4.78, 5) is 30.0. The molecule has 0 bridgehead atoms. The summed E-state index contributed by atoms with van der Waals surface area (Å²) in [7, 11) is 0. The lowest BCUT2D eigenvalue weighted by Crippen LogP contribution is -2.61. The Hall–Kier alpha value is -3.69. The fourth-order valence-electron chi connectivity index (χ4n) is 5.03. The summed E-state index contributed by atoms with van der Waals surface area (Å²) in [5.74, 6) is 0.770. The van der Waals surface area contributed by atoms with E-state index >= 15 is 0 Å². The van der Waals surface area contributed by atoms with E-state index in [4.69, 9.17) is 21.1 Å². The molecular formula is C29H27ClF2N2O5. The Bertz CT molecular complexity index is 1320. The predicted molar refractivity (Wildman–Crippen MR) is 141 cm³/mol. The fourth-order valence-corrected chi connectivity index (χ4v) is 5.28. The van der Waals surface area contributed by atoms with E-state index in [0.717, 1.165) is 6.42 Å². The van der Waals surface area contributed by atoms with Crippen molar-refractivity contribution in [3.63, 3.8) is 0 Å². The van der Waals surface area contributed by atoms with Crippen LogP contribution in [0, 0.1) is 0 Å². The lowest BCUT2D eigenvalue weighted by atomic mass is 9.90. The van der Waals surface area contributed by atoms with Crippen LogP contribution in [0.1, 0.15) is 33.6 Å². The second-order valence-corrected chi connectivity index (χ2v) is 9.96. The molecule has 0 aliphatic carbocycles. The zero-order chi connectivity index (χ0) is 27.4. The Labute approximate surface area is 229 Å². The molecule has 2 aliphatic heterocycles. The topological polar surface area (TPSA) is 68.3 Å². The third kappa shape index (κ3) is 6.32. The van der Waals surface area contributed by atoms with Gasteiger partial charge in [-0.05, 0) is 67.4 Å². The average molecular weight is 557 g/mol. The van der Waals surface area contributed by atoms with Gasteiger partial charge in [0.25, 0.3) is 11.8 Å². The van der Waals surface area contributed by atoms with E-state index in [1.165, 1.54) is 18.2 Å². The highest BCUT2D eigenvalue weighted by molar-refractivity contribution is 6.34. The van der Waals surface area contributed by atoms with E-state index in [2.05, 4.69) is 4.74 Å². The van der Waals surface area contributed by atoms with Crippen molar-refractivity contribution in [2.24, 2.45) is 0 Å². The number of halogens is 3. The van der Waals surface area contributed by atoms with Gasteiger partial charge in [0.15, 0.2) is 0 Å². The summed E-state index contributed by atoms with van der Waals surface area (Å²) in [6, 6.07) is 20.3. The molecular weight excluding hydrogens is 530 g/mol. The molecule has 1 unspecified atom stereocenters. The van der Waals surface area contributed by atoms with Gasteiger partial charge in [-0.3, -0.25) is 9.59 Å². The quantitative estimate of drug-likeness (QED) is 0.379. The maximum Gasteiger partial charge on any atom is 0.387 e. The lowest BCUT2D eigenvalue weighted by Gasteiger charge is -2.48. The van der Waals surface area contributed by atoms with Gasteiger partial charge < -0.3 is 24.0 Å². The summed E-state index contributed by atoms with van der Waals surface area (Å²) in [5.41, 5.74) is 0.0228. The Kier molecular flexibility index (Phi) is 7.99. The van der Waals surface area contributed by atoms with Crippen molar-refractivity contribution in [3.05, 3.63) is 88.9 Å². The minimum atomic E-state index is -2.99. The molecule has 2 saturated heterocycles. The van der Waals surface area contributed by atoms with Crippen LogP contribution in [0.4, 0.5) is 8.78 Å². The van der Waals surface area contributed by atoms with Gasteiger partial charge in [-0.25, -0.2) is 0 Å². The summed E-state index contributed by atoms with van der Waals surface area (Å²) in [6.07, 6.45) is 1.42. The third-order valence-electron chi connectivity index (χ3n) is 6.84. The van der Waals surface area contributed by atoms with E-state index in [-0.39, 0.29) is 34.7 Å². The molecule has 3 aromatic rings. The second-order valence-electron chi connectivity index (χ2n) is 9.55. The normalized spacial score (nSPS) is 19.3. The Morgan fingerprint density at radius 3 is 2.23 bits per heavy atom. The molecule has 2 fully saturated rings. The van der Waals surface area contributed by atoms with Crippen LogP contribution in [-0.4, -0.2) is 66.6 Å². The van der Waals surface area contributed by atoms with Gasteiger partial charge in [-0.15, -0.1) is 0 Å². The molecule has 1 atom stereocenters. The van der Waals surface area contributed by atoms with Crippen LogP contribution in [0.25, 0.3) is 0 Å². The fraction of sp³-hybridized carbons (Fsp3) is 0.310. The van der Waals surface area contributed by atoms with E-state index < -0.39 is 12.2 Å². The minimum Gasteiger partial charge on any atom is -0.457 e. The maximum absolute atomic E-state index is 13.4. The van der Waals surface area contributed by atoms with Crippen LogP contribution >= 0.6 is 11.6 Å². The number of rotatable bonds is 6. The summed E-state index contributed by atoms with van der Waals surface area (Å²) >= 11 is 6.23. The smallest absolute Gasteiger partial charge is 0.387 e. The first-order chi connectivity index (χ1) is 18.8. The summed E-state index contributed by atoms with van der Waals surface area (Å²) in [6.45, 7) is -1.12. The molecule has 0 saturated carbocycles. The number of amides is 2. The molecule has 1 spiro atoms. The molecule has 2 aliphatic rings. The van der Waals surface area contributed by atoms with Gasteiger partial charge in [0, 0.05) is 18.7 Å². The van der Waals surface area contributed by atoms with Crippen LogP contribution in [0.2, 0.25) is 5.02 Å². The predicted octanol–water partition coefficient (Wildman–Crippen LogP) is 5.88. The van der Waals surface area contributed by atoms with Crippen molar-refractivity contribution in [1.29, 1.82) is 0 Å². The Balaban J connectivity index is 1.24. The number of alkyl halides is 2. The van der Waals surface area contributed by atoms with Crippen molar-refractivity contribution in [2.75, 3.05) is 32.8 Å². The number of benzene rings is 3. The molecule has 2 heterocycles. The molecule has 10 heteroatoms. The highest BCUT2D eigenvalue weighted by atomic mass is 35.5. The van der Waals surface area contributed by atoms with Gasteiger partial charge in [-0.2, -0.15) is 8.78 Å². The Morgan fingerprint density at radius 2 is 1.54 bits per heavy atom. The van der Waals surface area contributed by atoms with Crippen molar-refractivity contribution >= 4 is 23.4 Å². The molecule has 0 radical (unpaired) electrons. The van der Waals surface area contributed by atoms with E-state index in [1.807, 2.05) is 30.3 Å². The highest BCUT2D eigenvalue weighted by Gasteiger charge is 2.43. The molecule has 3 aromatic carbocycles. The van der Waals surface area contributed by atoms with Gasteiger partial charge in [0.2, 0.25) is 0 Å². The molecule has 0 aromatic heterocycles. The number of para-hydroxylation sites is 1. The third-order valence-corrected chi connectivity index (χ3v) is 7.15. The standard InChI is InChI=1S/C29H27ClF2N2O5/c30-25-17-23(39-28(31)32)11-12-24(25)27(36)34-15-16-37-29(19-34)13-4-14-33(18-29)26(35)20-7-9-22(10-8-20)38-21-5-2-1-3-6-21/h1-3,5-12,17,28H,4,13-16,18-19H2. The van der Waals surface area contributed by atoms with Crippen molar-refractivity contribution in [1.82, 2.24) is 9.80 Å². The first kappa shape index (κ1) is 26.9. The number of likely N-dealkylation sites (tertiary alicyclic amines) is 1. The van der Waals surface area contributed by atoms with Crippen LogP contribution in [-0.2, 0) is 4.74 Å². The van der Waals surface area contributed by atoms with Gasteiger partial charge in [0.1, 0.15) is 22.8 Å². The number of hydrogen-bond acceptors (Lipinski definition) is 5. The highest BCUT2D eigenvalue weighted by Crippen LogP contribution is 2.32. The van der Waals surface area contributed by atoms with Gasteiger partial charge in [-0.1, -0.05) is 29.8 Å². The number of carbonyl (C=O) groups excluding carboxylic acids is 2. The molecule has 204 valence electrons. The average Bonchev–Trinajstić information content (AvgIpc) is 2.93. The number of ether oxygens (including phenoxy) is 3. The summed E-state index contributed by atoms with van der Waals surface area (Å²) in [5, 5.41) is 0.0267. The number of morpholine rings is 1. The van der Waals surface area contributed by atoms with E-state index in [1.54, 1.807) is 34.1 Å². The first-order valence-electron chi connectivity index (χ1n) is 12.6. The van der Waals surface area contributed by atoms with E-state index in [9.17, 15) is 18.4 Å². The van der Waals surface area contributed by atoms with Crippen molar-refractivity contribution in [3.8, 4) is 17.2 Å². The van der Waals surface area contributed by atoms with Crippen LogP contribution in [0.5, 0.6) is 17.2 Å². The molecule has 5 rings (SSSR count). The van der Waals surface area contributed by atoms with Crippen LogP contribution in [0.15, 0.2) is 72.8 Å². The number of hydrogen-bond donors (Lipinski definition) is 0. The molecule has 7 nitrogen and oxygen atoms in total. The zero-order valence-electron chi connectivity index (χ0n) is 21.0. The molecule has 39 heavy (non-hydrogen) atoms. The van der Waals surface area contributed by atoms with Gasteiger partial charge in [0.05, 0.1) is 30.3 Å². The first-order valence-corrected chi connectivity index (χ1v) is 13.0. The van der Waals surface area contributed by atoms with Crippen LogP contribution < -0.4 is 9.47 Å². The maximum atomic E-state index is 13.4. The zero-order valence-corrected chi connectivity index (χ0v) is 21.8. The minimum absolute atomic E-state index is 0.0267. The second kappa shape index (κ2) is 11.6. The SMILES string of the molecule is O=C(c1ccc(Oc2ccccc2)cc1)N1CCCC2(C1)CN(C(=O)c1ccc(OC(F)F)cc1Cl)CCO2. The van der Waals surface area contributed by atoms with Gasteiger partial charge >= 0.3 is 6.61 Å². The number of piperidine rings is 1. The lowest BCUT2D eigenvalue weighted by molar-refractivity contribution is -0.126. The number of nitrogens with zero attached hydrogens (tertiary/aromatic N) is 2. The Morgan fingerprint density at radius 1 is 0.872 bits per heavy atom. The summed E-state index contributed by atoms with van der Waals surface area (Å²) < 4.78 is 41.4. The van der Waals surface area contributed by atoms with Crippen LogP contribution in [0.3, 0.4) is 0 Å². The monoisotopic (exact) mass is 556 g/mol. The van der Waals surface area contributed by atoms with Crippen molar-refractivity contribution < 1.29 is 32.6 Å². The largest absolute Gasteiger partial charge is 0.457 e. The number of carbonyl (C=O) groups is 2. The van der Waals surface area contributed by atoms with E-state index in [0.29, 0.717) is 49.7 Å².